The molecule has 1 atom stereocenters. The first kappa shape index (κ1) is 17.0. The van der Waals surface area contributed by atoms with Crippen LogP contribution in [0.2, 0.25) is 5.02 Å². The minimum absolute atomic E-state index is 0.00190. The average molecular weight is 363 g/mol. The summed E-state index contributed by atoms with van der Waals surface area (Å²) < 4.78 is 7.44. The van der Waals surface area contributed by atoms with E-state index in [0.29, 0.717) is 16.7 Å². The van der Waals surface area contributed by atoms with Crippen molar-refractivity contribution in [1.29, 1.82) is 0 Å². The molecular weight excluding hydrogens is 344 g/mol. The lowest BCUT2D eigenvalue weighted by Crippen LogP contribution is -2.13. The van der Waals surface area contributed by atoms with Crippen LogP contribution in [0.4, 0.5) is 0 Å². The van der Waals surface area contributed by atoms with Crippen molar-refractivity contribution in [1.82, 2.24) is 19.7 Å². The van der Waals surface area contributed by atoms with E-state index >= 15 is 0 Å². The number of hydrogen-bond donors (Lipinski definition) is 0. The molecule has 1 aromatic carbocycles. The number of halogens is 1. The highest BCUT2D eigenvalue weighted by atomic mass is 35.5. The van der Waals surface area contributed by atoms with E-state index in [-0.39, 0.29) is 10.7 Å². The minimum atomic E-state index is -0.131. The summed E-state index contributed by atoms with van der Waals surface area (Å²) in [7, 11) is 0. The Morgan fingerprint density at radius 1 is 1.21 bits per heavy atom. The summed E-state index contributed by atoms with van der Waals surface area (Å²) in [4.78, 5) is 8.96. The van der Waals surface area contributed by atoms with Crippen molar-refractivity contribution in [3.63, 3.8) is 0 Å². The number of hydrogen-bond acceptors (Lipinski definition) is 5. The molecule has 0 radical (unpaired) electrons. The van der Waals surface area contributed by atoms with Crippen molar-refractivity contribution in [2.45, 2.75) is 43.5 Å². The van der Waals surface area contributed by atoms with Gasteiger partial charge in [0.2, 0.25) is 5.89 Å². The summed E-state index contributed by atoms with van der Waals surface area (Å²) in [5.74, 6) is 1.32. The topological polar surface area (TPSA) is 56.7 Å². The molecule has 24 heavy (non-hydrogen) atoms. The van der Waals surface area contributed by atoms with E-state index in [1.807, 2.05) is 42.0 Å². The van der Waals surface area contributed by atoms with E-state index in [9.17, 15) is 0 Å². The van der Waals surface area contributed by atoms with Crippen molar-refractivity contribution >= 4 is 23.4 Å². The number of imidazole rings is 1. The molecule has 0 saturated carbocycles. The van der Waals surface area contributed by atoms with Crippen molar-refractivity contribution in [2.75, 3.05) is 0 Å². The van der Waals surface area contributed by atoms with Crippen molar-refractivity contribution in [3.05, 3.63) is 53.4 Å². The van der Waals surface area contributed by atoms with Gasteiger partial charge in [-0.2, -0.15) is 4.98 Å². The fourth-order valence-electron chi connectivity index (χ4n) is 2.09. The highest BCUT2D eigenvalue weighted by Crippen LogP contribution is 2.35. The lowest BCUT2D eigenvalue weighted by atomic mass is 9.96. The molecule has 0 saturated heterocycles. The maximum atomic E-state index is 5.96. The standard InChI is InChI=1S/C17H19ClN4OS/c1-11(14-20-15(21-23-14)17(2,3)4)24-16-19-9-10-22(16)13-7-5-12(18)6-8-13/h5-11H,1-4H3/t11-/m1/s1. The maximum Gasteiger partial charge on any atom is 0.239 e. The van der Waals surface area contributed by atoms with Crippen LogP contribution in [-0.4, -0.2) is 19.7 Å². The summed E-state index contributed by atoms with van der Waals surface area (Å²) in [5, 5.41) is 5.66. The second kappa shape index (κ2) is 6.61. The fraction of sp³-hybridized carbons (Fsp3) is 0.353. The predicted molar refractivity (Wildman–Crippen MR) is 95.8 cm³/mol. The fourth-order valence-corrected chi connectivity index (χ4v) is 3.13. The van der Waals surface area contributed by atoms with Gasteiger partial charge in [-0.1, -0.05) is 49.3 Å². The highest BCUT2D eigenvalue weighted by molar-refractivity contribution is 7.99. The van der Waals surface area contributed by atoms with Gasteiger partial charge in [-0.25, -0.2) is 4.98 Å². The summed E-state index contributed by atoms with van der Waals surface area (Å²) >= 11 is 7.53. The first-order valence-electron chi connectivity index (χ1n) is 7.64. The van der Waals surface area contributed by atoms with E-state index in [1.165, 1.54) is 0 Å². The molecule has 0 amide bonds. The second-order valence-corrected chi connectivity index (χ2v) is 8.27. The van der Waals surface area contributed by atoms with Gasteiger partial charge in [0, 0.05) is 28.5 Å². The zero-order valence-electron chi connectivity index (χ0n) is 14.0. The van der Waals surface area contributed by atoms with Crippen LogP contribution in [0.5, 0.6) is 0 Å². The molecule has 0 spiro atoms. The van der Waals surface area contributed by atoms with Gasteiger partial charge in [0.15, 0.2) is 11.0 Å². The molecule has 126 valence electrons. The van der Waals surface area contributed by atoms with Crippen molar-refractivity contribution in [3.8, 4) is 5.69 Å². The Bertz CT molecular complexity index is 820. The molecule has 7 heteroatoms. The molecule has 0 fully saturated rings. The first-order valence-corrected chi connectivity index (χ1v) is 8.90. The quantitative estimate of drug-likeness (QED) is 0.607. The van der Waals surface area contributed by atoms with Gasteiger partial charge in [-0.3, -0.25) is 4.57 Å². The van der Waals surface area contributed by atoms with Crippen LogP contribution in [0, 0.1) is 0 Å². The number of rotatable bonds is 4. The van der Waals surface area contributed by atoms with E-state index in [4.69, 9.17) is 16.1 Å². The summed E-state index contributed by atoms with van der Waals surface area (Å²) in [6, 6.07) is 7.65. The Labute approximate surface area is 150 Å². The minimum Gasteiger partial charge on any atom is -0.338 e. The third kappa shape index (κ3) is 3.65. The molecule has 2 aromatic heterocycles. The van der Waals surface area contributed by atoms with Crippen LogP contribution in [0.1, 0.15) is 44.7 Å². The number of benzene rings is 1. The molecule has 0 aliphatic heterocycles. The average Bonchev–Trinajstić information content (AvgIpc) is 3.16. The van der Waals surface area contributed by atoms with Crippen molar-refractivity contribution in [2.24, 2.45) is 0 Å². The molecular formula is C17H19ClN4OS. The van der Waals surface area contributed by atoms with Crippen LogP contribution in [0.3, 0.4) is 0 Å². The Morgan fingerprint density at radius 2 is 1.92 bits per heavy atom. The first-order chi connectivity index (χ1) is 11.3. The zero-order chi connectivity index (χ0) is 17.3. The Hall–Kier alpha value is -1.79. The van der Waals surface area contributed by atoms with Crippen LogP contribution >= 0.6 is 23.4 Å². The Balaban J connectivity index is 1.80. The van der Waals surface area contributed by atoms with Gasteiger partial charge in [-0.05, 0) is 31.2 Å². The number of thioether (sulfide) groups is 1. The van der Waals surface area contributed by atoms with Gasteiger partial charge >= 0.3 is 0 Å². The second-order valence-electron chi connectivity index (χ2n) is 6.52. The lowest BCUT2D eigenvalue weighted by Gasteiger charge is -2.11. The zero-order valence-corrected chi connectivity index (χ0v) is 15.6. The Morgan fingerprint density at radius 3 is 2.54 bits per heavy atom. The molecule has 0 N–H and O–H groups in total. The molecule has 3 rings (SSSR count). The molecule has 0 aliphatic carbocycles. The van der Waals surface area contributed by atoms with Gasteiger partial charge in [0.25, 0.3) is 0 Å². The molecule has 3 aromatic rings. The molecule has 0 bridgehead atoms. The number of nitrogens with zero attached hydrogens (tertiary/aromatic N) is 4. The van der Waals surface area contributed by atoms with Crippen LogP contribution < -0.4 is 0 Å². The summed E-state index contributed by atoms with van der Waals surface area (Å²) in [6.07, 6.45) is 3.70. The smallest absolute Gasteiger partial charge is 0.239 e. The molecule has 0 aliphatic rings. The third-order valence-corrected chi connectivity index (χ3v) is 4.77. The lowest BCUT2D eigenvalue weighted by molar-refractivity contribution is 0.364. The monoisotopic (exact) mass is 362 g/mol. The third-order valence-electron chi connectivity index (χ3n) is 3.45. The van der Waals surface area contributed by atoms with Crippen LogP contribution in [0.25, 0.3) is 5.69 Å². The van der Waals surface area contributed by atoms with Gasteiger partial charge in [0.1, 0.15) is 0 Å². The normalized spacial score (nSPS) is 13.2. The van der Waals surface area contributed by atoms with E-state index in [2.05, 4.69) is 35.9 Å². The van der Waals surface area contributed by atoms with E-state index < -0.39 is 0 Å². The highest BCUT2D eigenvalue weighted by Gasteiger charge is 2.24. The Kier molecular flexibility index (Phi) is 4.69. The largest absolute Gasteiger partial charge is 0.338 e. The maximum absolute atomic E-state index is 5.96. The van der Waals surface area contributed by atoms with E-state index in [1.54, 1.807) is 18.0 Å². The summed E-state index contributed by atoms with van der Waals surface area (Å²) in [5.41, 5.74) is 0.876. The molecule has 2 heterocycles. The van der Waals surface area contributed by atoms with Gasteiger partial charge in [-0.15, -0.1) is 0 Å². The summed E-state index contributed by atoms with van der Waals surface area (Å²) in [6.45, 7) is 8.22. The predicted octanol–water partition coefficient (Wildman–Crippen LogP) is 5.06. The van der Waals surface area contributed by atoms with Gasteiger partial charge in [0.05, 0.1) is 5.25 Å². The molecule has 5 nitrogen and oxygen atoms in total. The van der Waals surface area contributed by atoms with Crippen LogP contribution in [0.15, 0.2) is 46.3 Å². The number of aromatic nitrogens is 4. The molecule has 0 unspecified atom stereocenters. The van der Waals surface area contributed by atoms with Crippen molar-refractivity contribution < 1.29 is 4.52 Å². The van der Waals surface area contributed by atoms with E-state index in [0.717, 1.165) is 10.8 Å². The van der Waals surface area contributed by atoms with Crippen LogP contribution in [-0.2, 0) is 5.41 Å². The van der Waals surface area contributed by atoms with Gasteiger partial charge < -0.3 is 4.52 Å². The SMILES string of the molecule is C[C@@H](Sc1nccn1-c1ccc(Cl)cc1)c1nc(C(C)(C)C)no1.